The molecule has 0 radical (unpaired) electrons. The van der Waals surface area contributed by atoms with Crippen LogP contribution in [0.2, 0.25) is 0 Å². The molecule has 0 bridgehead atoms. The molecule has 0 saturated heterocycles. The number of fused-ring (bicyclic) bond motifs is 1. The van der Waals surface area contributed by atoms with Gasteiger partial charge in [-0.1, -0.05) is 30.3 Å². The molecule has 0 spiro atoms. The number of thioether (sulfide) groups is 1. The van der Waals surface area contributed by atoms with Crippen LogP contribution in [-0.2, 0) is 0 Å². The molecule has 0 unspecified atom stereocenters. The molecule has 2 heterocycles. The molecule has 3 aromatic rings. The van der Waals surface area contributed by atoms with Gasteiger partial charge in [-0.05, 0) is 47.7 Å². The summed E-state index contributed by atoms with van der Waals surface area (Å²) in [5, 5.41) is 14.0. The lowest BCUT2D eigenvalue weighted by Gasteiger charge is -2.12. The van der Waals surface area contributed by atoms with Crippen LogP contribution in [0.3, 0.4) is 0 Å². The number of hydrogen-bond donors (Lipinski definition) is 0. The van der Waals surface area contributed by atoms with Crippen molar-refractivity contribution in [2.75, 3.05) is 19.0 Å². The average molecular weight is 347 g/mol. The number of aromatic nitrogens is 3. The summed E-state index contributed by atoms with van der Waals surface area (Å²) in [7, 11) is 4.05. The Morgan fingerprint density at radius 2 is 1.64 bits per heavy atom. The summed E-state index contributed by atoms with van der Waals surface area (Å²) in [5.74, 6) is 0.742. The van der Waals surface area contributed by atoms with Gasteiger partial charge >= 0.3 is 0 Å². The molecule has 2 aromatic carbocycles. The first kappa shape index (κ1) is 15.7. The van der Waals surface area contributed by atoms with Crippen LogP contribution in [0.25, 0.3) is 16.3 Å². The van der Waals surface area contributed by atoms with Crippen molar-refractivity contribution in [3.8, 4) is 11.4 Å². The third-order valence-corrected chi connectivity index (χ3v) is 4.95. The lowest BCUT2D eigenvalue weighted by Crippen LogP contribution is -2.08. The molecule has 1 aliphatic rings. The van der Waals surface area contributed by atoms with Crippen LogP contribution in [0, 0.1) is 0 Å². The first-order chi connectivity index (χ1) is 12.2. The van der Waals surface area contributed by atoms with E-state index >= 15 is 0 Å². The Hall–Kier alpha value is -2.86. The highest BCUT2D eigenvalue weighted by molar-refractivity contribution is 8.08. The summed E-state index contributed by atoms with van der Waals surface area (Å²) in [5.41, 5.74) is 3.28. The van der Waals surface area contributed by atoms with Crippen LogP contribution >= 0.6 is 11.8 Å². The Morgan fingerprint density at radius 3 is 2.36 bits per heavy atom. The largest absolute Gasteiger partial charge is 0.378 e. The quantitative estimate of drug-likeness (QED) is 0.719. The van der Waals surface area contributed by atoms with Crippen molar-refractivity contribution >= 4 is 28.6 Å². The molecule has 5 nitrogen and oxygen atoms in total. The van der Waals surface area contributed by atoms with Gasteiger partial charge in [0.15, 0.2) is 5.82 Å². The van der Waals surface area contributed by atoms with Gasteiger partial charge in [0.05, 0.1) is 0 Å². The van der Waals surface area contributed by atoms with Crippen molar-refractivity contribution in [3.63, 3.8) is 0 Å². The zero-order chi connectivity index (χ0) is 17.2. The van der Waals surface area contributed by atoms with E-state index in [1.165, 1.54) is 0 Å². The molecule has 25 heavy (non-hydrogen) atoms. The molecule has 4 rings (SSSR count). The molecule has 0 N–H and O–H groups in total. The molecule has 0 fully saturated rings. The highest BCUT2D eigenvalue weighted by Crippen LogP contribution is 2.36. The van der Waals surface area contributed by atoms with E-state index < -0.39 is 0 Å². The zero-order valence-corrected chi connectivity index (χ0v) is 14.8. The van der Waals surface area contributed by atoms with Gasteiger partial charge in [0, 0.05) is 36.5 Å². The first-order valence-corrected chi connectivity index (χ1v) is 8.75. The van der Waals surface area contributed by atoms with Crippen LogP contribution in [0.4, 0.5) is 5.69 Å². The molecule has 0 atom stereocenters. The zero-order valence-electron chi connectivity index (χ0n) is 14.0. The molecule has 0 aliphatic carbocycles. The van der Waals surface area contributed by atoms with Crippen molar-refractivity contribution < 1.29 is 0 Å². The van der Waals surface area contributed by atoms with E-state index in [1.54, 1.807) is 22.7 Å². The minimum atomic E-state index is 0.742. The van der Waals surface area contributed by atoms with Crippen LogP contribution in [0.1, 0.15) is 5.56 Å². The van der Waals surface area contributed by atoms with E-state index in [4.69, 9.17) is 0 Å². The molecule has 0 saturated carbocycles. The number of anilines is 1. The number of benzene rings is 2. The maximum atomic E-state index is 4.52. The summed E-state index contributed by atoms with van der Waals surface area (Å²) in [6.07, 6.45) is 3.81. The molecule has 1 aromatic heterocycles. The number of hydrogen-bond acceptors (Lipinski definition) is 5. The highest BCUT2D eigenvalue weighted by Gasteiger charge is 2.18. The standard InChI is InChI=1S/C19H17N5S/c1-23(2)16-10-8-15(9-11-16)18-21-22-19-24(18)20-13-12-17(25-19)14-6-4-3-5-7-14/h3-13H,1-2H3. The van der Waals surface area contributed by atoms with E-state index in [1.807, 2.05) is 50.5 Å². The van der Waals surface area contributed by atoms with Crippen molar-refractivity contribution in [1.82, 2.24) is 14.9 Å². The van der Waals surface area contributed by atoms with E-state index in [0.717, 1.165) is 32.7 Å². The second-order valence-corrected chi connectivity index (χ2v) is 6.83. The summed E-state index contributed by atoms with van der Waals surface area (Å²) >= 11 is 1.57. The molecule has 0 amide bonds. The minimum absolute atomic E-state index is 0.742. The van der Waals surface area contributed by atoms with E-state index in [2.05, 4.69) is 44.5 Å². The fraction of sp³-hybridized carbons (Fsp3) is 0.105. The SMILES string of the molecule is CN(C)c1ccc(-c2nnc3n2N=CC=C(c2ccccc2)S3)cc1. The predicted octanol–water partition coefficient (Wildman–Crippen LogP) is 3.99. The number of allylic oxidation sites excluding steroid dienone is 1. The molecular weight excluding hydrogens is 330 g/mol. The van der Waals surface area contributed by atoms with Crippen LogP contribution in [0.5, 0.6) is 0 Å². The van der Waals surface area contributed by atoms with Gasteiger partial charge in [0.1, 0.15) is 0 Å². The minimum Gasteiger partial charge on any atom is -0.378 e. The maximum Gasteiger partial charge on any atom is 0.217 e. The van der Waals surface area contributed by atoms with Crippen molar-refractivity contribution in [3.05, 3.63) is 66.2 Å². The molecule has 124 valence electrons. The Balaban J connectivity index is 1.67. The van der Waals surface area contributed by atoms with Crippen molar-refractivity contribution in [2.24, 2.45) is 5.10 Å². The molecule has 6 heteroatoms. The van der Waals surface area contributed by atoms with Crippen LogP contribution in [-0.4, -0.2) is 35.2 Å². The fourth-order valence-electron chi connectivity index (χ4n) is 2.58. The summed E-state index contributed by atoms with van der Waals surface area (Å²) < 4.78 is 1.79. The average Bonchev–Trinajstić information content (AvgIpc) is 2.92. The normalized spacial score (nSPS) is 13.1. The van der Waals surface area contributed by atoms with Gasteiger partial charge in [-0.3, -0.25) is 0 Å². The van der Waals surface area contributed by atoms with Gasteiger partial charge in [-0.15, -0.1) is 10.2 Å². The first-order valence-electron chi connectivity index (χ1n) is 7.93. The van der Waals surface area contributed by atoms with Crippen molar-refractivity contribution in [1.29, 1.82) is 0 Å². The van der Waals surface area contributed by atoms with E-state index in [0.29, 0.717) is 0 Å². The summed E-state index contributed by atoms with van der Waals surface area (Å²) in [6, 6.07) is 18.5. The predicted molar refractivity (Wildman–Crippen MR) is 104 cm³/mol. The highest BCUT2D eigenvalue weighted by atomic mass is 32.2. The third kappa shape index (κ3) is 3.08. The van der Waals surface area contributed by atoms with Gasteiger partial charge in [-0.2, -0.15) is 9.78 Å². The topological polar surface area (TPSA) is 46.3 Å². The Bertz CT molecular complexity index is 940. The molecule has 1 aliphatic heterocycles. The van der Waals surface area contributed by atoms with Crippen LogP contribution in [0.15, 0.2) is 70.9 Å². The van der Waals surface area contributed by atoms with Gasteiger partial charge in [0.2, 0.25) is 5.16 Å². The van der Waals surface area contributed by atoms with E-state index in [9.17, 15) is 0 Å². The Kier molecular flexibility index (Phi) is 4.11. The maximum absolute atomic E-state index is 4.52. The lowest BCUT2D eigenvalue weighted by atomic mass is 10.2. The van der Waals surface area contributed by atoms with E-state index in [-0.39, 0.29) is 0 Å². The number of nitrogens with zero attached hydrogens (tertiary/aromatic N) is 5. The summed E-state index contributed by atoms with van der Waals surface area (Å²) in [6.45, 7) is 0. The smallest absolute Gasteiger partial charge is 0.217 e. The van der Waals surface area contributed by atoms with Crippen LogP contribution < -0.4 is 4.90 Å². The second-order valence-electron chi connectivity index (χ2n) is 5.82. The van der Waals surface area contributed by atoms with Crippen molar-refractivity contribution in [2.45, 2.75) is 5.16 Å². The van der Waals surface area contributed by atoms with Gasteiger partial charge in [0.25, 0.3) is 0 Å². The second kappa shape index (κ2) is 6.57. The number of rotatable bonds is 3. The fourth-order valence-corrected chi connectivity index (χ4v) is 3.46. The lowest BCUT2D eigenvalue weighted by molar-refractivity contribution is 0.776. The van der Waals surface area contributed by atoms with Gasteiger partial charge in [-0.25, -0.2) is 0 Å². The monoisotopic (exact) mass is 347 g/mol. The molecular formula is C19H17N5S. The summed E-state index contributed by atoms with van der Waals surface area (Å²) in [4.78, 5) is 3.17. The Morgan fingerprint density at radius 1 is 0.880 bits per heavy atom. The third-order valence-electron chi connectivity index (χ3n) is 3.92. The Labute approximate surface area is 150 Å². The van der Waals surface area contributed by atoms with Gasteiger partial charge < -0.3 is 4.90 Å².